The predicted molar refractivity (Wildman–Crippen MR) is 125 cm³/mol. The number of methoxy groups -OCH3 is 1. The fourth-order valence-electron chi connectivity index (χ4n) is 3.72. The van der Waals surface area contributed by atoms with Gasteiger partial charge in [-0.1, -0.05) is 39.5 Å². The number of aromatic amines is 1. The number of amides is 1. The molecule has 0 aliphatic heterocycles. The third-order valence-electron chi connectivity index (χ3n) is 5.82. The lowest BCUT2D eigenvalue weighted by Gasteiger charge is -2.15. The van der Waals surface area contributed by atoms with Crippen LogP contribution < -0.4 is 16.6 Å². The summed E-state index contributed by atoms with van der Waals surface area (Å²) in [7, 11) is 1.27. The molecule has 0 saturated heterocycles. The molecule has 2 N–H and O–H groups in total. The van der Waals surface area contributed by atoms with Crippen LogP contribution in [0.3, 0.4) is 0 Å². The van der Waals surface area contributed by atoms with Gasteiger partial charge in [-0.25, -0.2) is 9.59 Å². The Kier molecular flexibility index (Phi) is 10.2. The quantitative estimate of drug-likeness (QED) is 0.363. The number of carbonyl (C=O) groups excluding carboxylic acids is 2. The van der Waals surface area contributed by atoms with Gasteiger partial charge in [-0.3, -0.25) is 14.2 Å². The van der Waals surface area contributed by atoms with Gasteiger partial charge in [0.1, 0.15) is 0 Å². The van der Waals surface area contributed by atoms with Gasteiger partial charge in [0.15, 0.2) is 0 Å². The molecule has 0 fully saturated rings. The van der Waals surface area contributed by atoms with Crippen molar-refractivity contribution in [3.05, 3.63) is 44.6 Å². The number of H-pyrrole nitrogens is 1. The molecule has 0 aliphatic rings. The highest BCUT2D eigenvalue weighted by atomic mass is 16.5. The summed E-state index contributed by atoms with van der Waals surface area (Å²) in [6.45, 7) is 5.33. The van der Waals surface area contributed by atoms with Crippen LogP contribution in [0.15, 0.2) is 27.8 Å². The smallest absolute Gasteiger partial charge is 0.337 e. The first-order valence-electron chi connectivity index (χ1n) is 11.5. The lowest BCUT2D eigenvalue weighted by atomic mass is 9.99. The molecule has 176 valence electrons. The van der Waals surface area contributed by atoms with E-state index >= 15 is 0 Å². The number of aromatic nitrogens is 2. The Hall–Kier alpha value is -2.90. The third kappa shape index (κ3) is 7.07. The summed E-state index contributed by atoms with van der Waals surface area (Å²) < 4.78 is 5.83. The molecule has 0 aliphatic carbocycles. The summed E-state index contributed by atoms with van der Waals surface area (Å²) in [6.07, 6.45) is 7.09. The van der Waals surface area contributed by atoms with E-state index in [-0.39, 0.29) is 18.0 Å². The molecule has 1 aromatic carbocycles. The normalized spacial score (nSPS) is 12.0. The maximum atomic E-state index is 12.7. The van der Waals surface area contributed by atoms with Gasteiger partial charge in [-0.05, 0) is 43.4 Å². The maximum absolute atomic E-state index is 12.7. The number of nitrogens with zero attached hydrogens (tertiary/aromatic N) is 1. The molecule has 8 nitrogen and oxygen atoms in total. The molecule has 1 atom stereocenters. The average Bonchev–Trinajstić information content (AvgIpc) is 2.79. The van der Waals surface area contributed by atoms with Crippen LogP contribution in [0.4, 0.5) is 0 Å². The molecule has 2 aromatic rings. The van der Waals surface area contributed by atoms with Gasteiger partial charge >= 0.3 is 11.7 Å². The Morgan fingerprint density at radius 2 is 1.91 bits per heavy atom. The zero-order chi connectivity index (χ0) is 23.5. The van der Waals surface area contributed by atoms with E-state index < -0.39 is 17.2 Å². The van der Waals surface area contributed by atoms with Crippen molar-refractivity contribution in [3.63, 3.8) is 0 Å². The van der Waals surface area contributed by atoms with Crippen molar-refractivity contribution in [2.75, 3.05) is 13.7 Å². The van der Waals surface area contributed by atoms with Crippen LogP contribution >= 0.6 is 0 Å². The van der Waals surface area contributed by atoms with Crippen LogP contribution in [-0.2, 0) is 16.1 Å². The minimum Gasteiger partial charge on any atom is -0.465 e. The first-order valence-corrected chi connectivity index (χ1v) is 11.5. The lowest BCUT2D eigenvalue weighted by molar-refractivity contribution is -0.121. The number of carbonyl (C=O) groups is 2. The van der Waals surface area contributed by atoms with E-state index in [0.717, 1.165) is 25.8 Å². The van der Waals surface area contributed by atoms with Crippen LogP contribution in [0.5, 0.6) is 0 Å². The molecular weight excluding hydrogens is 410 g/mol. The number of rotatable bonds is 13. The second-order valence-electron chi connectivity index (χ2n) is 8.17. The average molecular weight is 446 g/mol. The van der Waals surface area contributed by atoms with Gasteiger partial charge in [0, 0.05) is 19.5 Å². The summed E-state index contributed by atoms with van der Waals surface area (Å²) in [5.41, 5.74) is -0.336. The molecule has 1 aromatic heterocycles. The SMILES string of the molecule is CCCC[C@H](CC)CNC(=O)CCCCCn1c(=O)[nH]c2cc(C(=O)OC)ccc2c1=O. The summed E-state index contributed by atoms with van der Waals surface area (Å²) in [5.74, 6) is 0.0586. The molecule has 1 amide bonds. The van der Waals surface area contributed by atoms with E-state index in [1.54, 1.807) is 0 Å². The van der Waals surface area contributed by atoms with Crippen molar-refractivity contribution in [2.45, 2.75) is 71.8 Å². The molecule has 32 heavy (non-hydrogen) atoms. The van der Waals surface area contributed by atoms with Gasteiger partial charge < -0.3 is 15.0 Å². The molecule has 8 heteroatoms. The number of hydrogen-bond acceptors (Lipinski definition) is 5. The highest BCUT2D eigenvalue weighted by Crippen LogP contribution is 2.12. The van der Waals surface area contributed by atoms with Crippen LogP contribution in [-0.4, -0.2) is 35.1 Å². The van der Waals surface area contributed by atoms with E-state index in [1.807, 2.05) is 0 Å². The van der Waals surface area contributed by atoms with Crippen molar-refractivity contribution in [1.82, 2.24) is 14.9 Å². The second-order valence-corrected chi connectivity index (χ2v) is 8.17. The topological polar surface area (TPSA) is 110 Å². The standard InChI is InChI=1S/C24H35N3O5/c1-4-6-10-17(5-2)16-25-21(28)11-8-7-9-14-27-22(29)19-13-12-18(23(30)32-3)15-20(19)26-24(27)31/h12-13,15,17H,4-11,14,16H2,1-3H3,(H,25,28)(H,26,31)/t17-/m0/s1. The minimum absolute atomic E-state index is 0.0575. The summed E-state index contributed by atoms with van der Waals surface area (Å²) in [5, 5.41) is 3.36. The van der Waals surface area contributed by atoms with Gasteiger partial charge in [-0.2, -0.15) is 0 Å². The number of hydrogen-bond donors (Lipinski definition) is 2. The van der Waals surface area contributed by atoms with Crippen LogP contribution in [0, 0.1) is 5.92 Å². The molecule has 1 heterocycles. The summed E-state index contributed by atoms with van der Waals surface area (Å²) in [4.78, 5) is 51.4. The van der Waals surface area contributed by atoms with E-state index in [2.05, 4.69) is 28.9 Å². The zero-order valence-corrected chi connectivity index (χ0v) is 19.4. The third-order valence-corrected chi connectivity index (χ3v) is 5.82. The largest absolute Gasteiger partial charge is 0.465 e. The number of esters is 1. The molecule has 0 bridgehead atoms. The van der Waals surface area contributed by atoms with Crippen LogP contribution in [0.1, 0.15) is 75.6 Å². The molecule has 0 unspecified atom stereocenters. The van der Waals surface area contributed by atoms with Gasteiger partial charge in [0.05, 0.1) is 23.6 Å². The van der Waals surface area contributed by atoms with Crippen molar-refractivity contribution in [1.29, 1.82) is 0 Å². The van der Waals surface area contributed by atoms with Crippen molar-refractivity contribution >= 4 is 22.8 Å². The van der Waals surface area contributed by atoms with E-state index in [9.17, 15) is 19.2 Å². The summed E-state index contributed by atoms with van der Waals surface area (Å²) in [6, 6.07) is 4.46. The Morgan fingerprint density at radius 1 is 1.12 bits per heavy atom. The van der Waals surface area contributed by atoms with Crippen molar-refractivity contribution in [3.8, 4) is 0 Å². The number of unbranched alkanes of at least 4 members (excludes halogenated alkanes) is 3. The number of fused-ring (bicyclic) bond motifs is 1. The highest BCUT2D eigenvalue weighted by Gasteiger charge is 2.12. The van der Waals surface area contributed by atoms with Gasteiger partial charge in [0.2, 0.25) is 5.91 Å². The second kappa shape index (κ2) is 12.8. The molecule has 0 spiro atoms. The predicted octanol–water partition coefficient (Wildman–Crippen LogP) is 3.37. The van der Waals surface area contributed by atoms with E-state index in [4.69, 9.17) is 0 Å². The van der Waals surface area contributed by atoms with Gasteiger partial charge in [-0.15, -0.1) is 0 Å². The van der Waals surface area contributed by atoms with Crippen molar-refractivity contribution in [2.24, 2.45) is 5.92 Å². The number of ether oxygens (including phenoxy) is 1. The Bertz CT molecular complexity index is 1020. The van der Waals surface area contributed by atoms with Crippen molar-refractivity contribution < 1.29 is 14.3 Å². The first kappa shape index (κ1) is 25.4. The lowest BCUT2D eigenvalue weighted by Crippen LogP contribution is -2.35. The molecule has 0 radical (unpaired) electrons. The number of benzene rings is 1. The Labute approximate surface area is 188 Å². The van der Waals surface area contributed by atoms with E-state index in [0.29, 0.717) is 36.1 Å². The summed E-state index contributed by atoms with van der Waals surface area (Å²) >= 11 is 0. The zero-order valence-electron chi connectivity index (χ0n) is 19.4. The Morgan fingerprint density at radius 3 is 2.59 bits per heavy atom. The fraction of sp³-hybridized carbons (Fsp3) is 0.583. The van der Waals surface area contributed by atoms with Gasteiger partial charge in [0.25, 0.3) is 5.56 Å². The number of nitrogens with one attached hydrogen (secondary N) is 2. The van der Waals surface area contributed by atoms with Crippen LogP contribution in [0.25, 0.3) is 10.9 Å². The minimum atomic E-state index is -0.535. The van der Waals surface area contributed by atoms with E-state index in [1.165, 1.54) is 42.7 Å². The maximum Gasteiger partial charge on any atom is 0.337 e. The molecule has 0 saturated carbocycles. The highest BCUT2D eigenvalue weighted by molar-refractivity contribution is 5.93. The fourth-order valence-corrected chi connectivity index (χ4v) is 3.72. The molecule has 2 rings (SSSR count). The monoisotopic (exact) mass is 445 g/mol. The Balaban J connectivity index is 1.84. The first-order chi connectivity index (χ1) is 15.4. The van der Waals surface area contributed by atoms with Crippen LogP contribution in [0.2, 0.25) is 0 Å². The molecular formula is C24H35N3O5.